The van der Waals surface area contributed by atoms with Crippen molar-refractivity contribution in [3.8, 4) is 0 Å². The van der Waals surface area contributed by atoms with Crippen LogP contribution in [0.15, 0.2) is 114 Å². The molecule has 0 aromatic heterocycles. The Labute approximate surface area is 289 Å². The molecule has 1 atom stereocenters. The predicted molar refractivity (Wildman–Crippen MR) is 183 cm³/mol. The minimum Gasteiger partial charge on any atom is -0.352 e. The molecule has 0 radical (unpaired) electrons. The van der Waals surface area contributed by atoms with Gasteiger partial charge in [-0.15, -0.1) is 0 Å². The van der Waals surface area contributed by atoms with Gasteiger partial charge in [0.05, 0.1) is 16.1 Å². The fraction of sp³-hybridized carbons (Fsp3) is 0.297. The van der Waals surface area contributed by atoms with Gasteiger partial charge in [0.1, 0.15) is 12.6 Å². The molecule has 0 unspecified atom stereocenters. The first-order valence-electron chi connectivity index (χ1n) is 16.0. The fourth-order valence-electron chi connectivity index (χ4n) is 6.02. The van der Waals surface area contributed by atoms with E-state index in [1.54, 1.807) is 30.3 Å². The summed E-state index contributed by atoms with van der Waals surface area (Å²) in [6.45, 7) is -0.988. The van der Waals surface area contributed by atoms with Crippen LogP contribution in [0.1, 0.15) is 48.8 Å². The molecule has 1 saturated carbocycles. The van der Waals surface area contributed by atoms with E-state index in [9.17, 15) is 31.2 Å². The number of carbonyl (C=O) groups excluding carboxylic acids is 2. The van der Waals surface area contributed by atoms with Gasteiger partial charge in [-0.25, -0.2) is 8.42 Å². The van der Waals surface area contributed by atoms with Crippen molar-refractivity contribution in [2.24, 2.45) is 0 Å². The van der Waals surface area contributed by atoms with E-state index in [0.717, 1.165) is 49.8 Å². The van der Waals surface area contributed by atoms with Crippen molar-refractivity contribution in [3.63, 3.8) is 0 Å². The summed E-state index contributed by atoms with van der Waals surface area (Å²) < 4.78 is 70.3. The summed E-state index contributed by atoms with van der Waals surface area (Å²) in [6.07, 6.45) is -0.0686. The van der Waals surface area contributed by atoms with E-state index in [-0.39, 0.29) is 29.6 Å². The highest BCUT2D eigenvalue weighted by Crippen LogP contribution is 2.33. The molecule has 4 aromatic carbocycles. The topological polar surface area (TPSA) is 86.8 Å². The third-order valence-electron chi connectivity index (χ3n) is 8.54. The van der Waals surface area contributed by atoms with Crippen molar-refractivity contribution in [3.05, 3.63) is 131 Å². The lowest BCUT2D eigenvalue weighted by Gasteiger charge is -2.35. The predicted octanol–water partition coefficient (Wildman–Crippen LogP) is 7.64. The van der Waals surface area contributed by atoms with Gasteiger partial charge in [0.2, 0.25) is 11.8 Å². The van der Waals surface area contributed by atoms with Crippen molar-refractivity contribution < 1.29 is 31.2 Å². The number of nitrogens with zero attached hydrogens (tertiary/aromatic N) is 2. The number of nitrogens with one attached hydrogen (secondary N) is 1. The molecule has 0 aliphatic heterocycles. The quantitative estimate of drug-likeness (QED) is 0.164. The average molecular weight is 712 g/mol. The Morgan fingerprint density at radius 1 is 0.816 bits per heavy atom. The highest BCUT2D eigenvalue weighted by atomic mass is 35.5. The molecule has 5 rings (SSSR count). The lowest BCUT2D eigenvalue weighted by Crippen LogP contribution is -2.55. The van der Waals surface area contributed by atoms with Crippen LogP contribution in [0.25, 0.3) is 0 Å². The van der Waals surface area contributed by atoms with Gasteiger partial charge in [-0.1, -0.05) is 97.6 Å². The Bertz CT molecular complexity index is 1840. The van der Waals surface area contributed by atoms with Crippen molar-refractivity contribution in [2.45, 2.75) is 68.2 Å². The smallest absolute Gasteiger partial charge is 0.352 e. The van der Waals surface area contributed by atoms with Crippen molar-refractivity contribution >= 4 is 39.1 Å². The second kappa shape index (κ2) is 15.9. The van der Waals surface area contributed by atoms with Gasteiger partial charge in [0.25, 0.3) is 10.0 Å². The van der Waals surface area contributed by atoms with E-state index in [2.05, 4.69) is 5.32 Å². The van der Waals surface area contributed by atoms with Gasteiger partial charge >= 0.3 is 6.18 Å². The summed E-state index contributed by atoms with van der Waals surface area (Å²) in [7, 11) is -4.56. The third-order valence-corrected chi connectivity index (χ3v) is 10.6. The molecule has 258 valence electrons. The molecule has 0 spiro atoms. The van der Waals surface area contributed by atoms with Crippen LogP contribution in [0.5, 0.6) is 0 Å². The second-order valence-electron chi connectivity index (χ2n) is 12.1. The number of sulfonamides is 1. The molecule has 1 fully saturated rings. The van der Waals surface area contributed by atoms with Gasteiger partial charge in [-0.2, -0.15) is 13.2 Å². The number of halogens is 4. The largest absolute Gasteiger partial charge is 0.416 e. The van der Waals surface area contributed by atoms with Crippen LogP contribution in [-0.2, 0) is 38.8 Å². The molecule has 1 N–H and O–H groups in total. The lowest BCUT2D eigenvalue weighted by atomic mass is 9.94. The second-order valence-corrected chi connectivity index (χ2v) is 14.4. The normalized spacial score (nSPS) is 14.5. The van der Waals surface area contributed by atoms with Crippen molar-refractivity contribution in [2.75, 3.05) is 10.8 Å². The zero-order valence-corrected chi connectivity index (χ0v) is 28.2. The Kier molecular flexibility index (Phi) is 11.7. The van der Waals surface area contributed by atoms with E-state index in [1.165, 1.54) is 35.2 Å². The van der Waals surface area contributed by atoms with E-state index >= 15 is 0 Å². The van der Waals surface area contributed by atoms with Crippen LogP contribution in [0.4, 0.5) is 18.9 Å². The number of carbonyl (C=O) groups is 2. The highest BCUT2D eigenvalue weighted by Gasteiger charge is 2.37. The Balaban J connectivity index is 1.59. The first-order valence-corrected chi connectivity index (χ1v) is 17.9. The summed E-state index contributed by atoms with van der Waals surface area (Å²) in [5.74, 6) is -1.18. The molecule has 0 heterocycles. The average Bonchev–Trinajstić information content (AvgIpc) is 3.09. The molecule has 1 aliphatic rings. The zero-order chi connectivity index (χ0) is 35.0. The van der Waals surface area contributed by atoms with Gasteiger partial charge < -0.3 is 10.2 Å². The van der Waals surface area contributed by atoms with Crippen molar-refractivity contribution in [1.29, 1.82) is 0 Å². The SMILES string of the molecule is O=C(NC1CCCCC1)[C@H](Cc1ccccc1)N(Cc1cccc(Cl)c1)C(=O)CN(c1cccc(C(F)(F)F)c1)S(=O)(=O)c1ccccc1. The molecular formula is C37H37ClF3N3O4S. The van der Waals surface area contributed by atoms with Gasteiger partial charge in [-0.3, -0.25) is 13.9 Å². The van der Waals surface area contributed by atoms with Gasteiger partial charge in [-0.05, 0) is 66.4 Å². The Morgan fingerprint density at radius 2 is 1.45 bits per heavy atom. The third kappa shape index (κ3) is 9.42. The molecule has 7 nitrogen and oxygen atoms in total. The maximum absolute atomic E-state index is 14.6. The van der Waals surface area contributed by atoms with Crippen LogP contribution < -0.4 is 9.62 Å². The Hall–Kier alpha value is -4.35. The maximum Gasteiger partial charge on any atom is 0.416 e. The van der Waals surface area contributed by atoms with E-state index < -0.39 is 46.2 Å². The minimum absolute atomic E-state index is 0.0808. The summed E-state index contributed by atoms with van der Waals surface area (Å²) in [5, 5.41) is 3.52. The summed E-state index contributed by atoms with van der Waals surface area (Å²) in [5.41, 5.74) is -0.0703. The molecule has 2 amide bonds. The van der Waals surface area contributed by atoms with E-state index in [4.69, 9.17) is 11.6 Å². The Morgan fingerprint density at radius 3 is 2.10 bits per heavy atom. The molecule has 0 bridgehead atoms. The van der Waals surface area contributed by atoms with Crippen LogP contribution in [0, 0.1) is 0 Å². The number of benzene rings is 4. The van der Waals surface area contributed by atoms with Crippen LogP contribution in [0.3, 0.4) is 0 Å². The summed E-state index contributed by atoms with van der Waals surface area (Å²) in [6, 6.07) is 25.7. The number of amides is 2. The first-order chi connectivity index (χ1) is 23.4. The molecule has 4 aromatic rings. The van der Waals surface area contributed by atoms with Crippen LogP contribution in [0.2, 0.25) is 5.02 Å². The lowest BCUT2D eigenvalue weighted by molar-refractivity contribution is -0.140. The number of hydrogen-bond acceptors (Lipinski definition) is 4. The monoisotopic (exact) mass is 711 g/mol. The number of alkyl halides is 3. The van der Waals surface area contributed by atoms with Crippen LogP contribution >= 0.6 is 11.6 Å². The number of hydrogen-bond donors (Lipinski definition) is 1. The van der Waals surface area contributed by atoms with E-state index in [0.29, 0.717) is 21.0 Å². The fourth-order valence-corrected chi connectivity index (χ4v) is 7.66. The zero-order valence-electron chi connectivity index (χ0n) is 26.7. The first kappa shape index (κ1) is 35.9. The molecular weight excluding hydrogens is 675 g/mol. The van der Waals surface area contributed by atoms with Gasteiger partial charge in [0, 0.05) is 24.0 Å². The molecule has 1 aliphatic carbocycles. The number of rotatable bonds is 12. The van der Waals surface area contributed by atoms with E-state index in [1.807, 2.05) is 30.3 Å². The van der Waals surface area contributed by atoms with Gasteiger partial charge in [0.15, 0.2) is 0 Å². The highest BCUT2D eigenvalue weighted by molar-refractivity contribution is 7.92. The standard InChI is InChI=1S/C37H37ClF3N3O4S/c38-30-16-10-14-28(22-30)25-43(34(23-27-12-4-1-5-13-27)36(46)42-31-17-6-2-7-18-31)35(45)26-44(49(47,48)33-20-8-3-9-21-33)32-19-11-15-29(24-32)37(39,40)41/h1,3-5,8-16,19-22,24,31,34H,2,6-7,17-18,23,25-26H2,(H,42,46)/t34-/m0/s1. The molecule has 0 saturated heterocycles. The maximum atomic E-state index is 14.6. The summed E-state index contributed by atoms with van der Waals surface area (Å²) >= 11 is 6.29. The van der Waals surface area contributed by atoms with Crippen molar-refractivity contribution in [1.82, 2.24) is 10.2 Å². The number of anilines is 1. The summed E-state index contributed by atoms with van der Waals surface area (Å²) in [4.78, 5) is 29.8. The molecule has 12 heteroatoms. The molecule has 49 heavy (non-hydrogen) atoms. The van der Waals surface area contributed by atoms with Crippen LogP contribution in [-0.4, -0.2) is 43.8 Å². The minimum atomic E-state index is -4.77.